The molecule has 0 spiro atoms. The molecule has 1 N–H and O–H groups in total. The topological polar surface area (TPSA) is 70.1 Å². The van der Waals surface area contributed by atoms with Crippen LogP contribution in [0.4, 0.5) is 4.79 Å². The van der Waals surface area contributed by atoms with Gasteiger partial charge in [0, 0.05) is 40.4 Å². The van der Waals surface area contributed by atoms with Crippen molar-refractivity contribution in [3.05, 3.63) is 0 Å². The van der Waals surface area contributed by atoms with E-state index in [0.717, 1.165) is 6.42 Å². The summed E-state index contributed by atoms with van der Waals surface area (Å²) in [7, 11) is 3.37. The minimum absolute atomic E-state index is 0.0901. The number of amides is 2. The number of methoxy groups -OCH3 is 1. The van der Waals surface area contributed by atoms with Gasteiger partial charge in [-0.25, -0.2) is 4.79 Å². The number of ether oxygens (including phenoxy) is 1. The molecule has 0 aromatic carbocycles. The molecule has 1 rings (SSSR count). The second-order valence-corrected chi connectivity index (χ2v) is 5.16. The van der Waals surface area contributed by atoms with Crippen LogP contribution in [0.5, 0.6) is 0 Å². The van der Waals surface area contributed by atoms with Gasteiger partial charge in [0.1, 0.15) is 0 Å². The Morgan fingerprint density at radius 2 is 2.16 bits per heavy atom. The second-order valence-electron chi connectivity index (χ2n) is 5.16. The summed E-state index contributed by atoms with van der Waals surface area (Å²) in [6.45, 7) is 3.94. The summed E-state index contributed by atoms with van der Waals surface area (Å²) in [5, 5.41) is 9.31. The van der Waals surface area contributed by atoms with E-state index in [1.165, 1.54) is 0 Å². The van der Waals surface area contributed by atoms with E-state index >= 15 is 0 Å². The van der Waals surface area contributed by atoms with Crippen molar-refractivity contribution >= 4 is 12.0 Å². The number of carbonyl (C=O) groups excluding carboxylic acids is 1. The van der Waals surface area contributed by atoms with E-state index in [1.54, 1.807) is 24.0 Å². The van der Waals surface area contributed by atoms with E-state index in [1.807, 2.05) is 6.92 Å². The van der Waals surface area contributed by atoms with Gasteiger partial charge < -0.3 is 19.6 Å². The number of hydrogen-bond donors (Lipinski definition) is 1. The molecule has 0 saturated carbocycles. The lowest BCUT2D eigenvalue weighted by atomic mass is 9.84. The lowest BCUT2D eigenvalue weighted by Gasteiger charge is -2.27. The third kappa shape index (κ3) is 3.59. The average Bonchev–Trinajstić information content (AvgIpc) is 2.83. The number of hydrogen-bond acceptors (Lipinski definition) is 3. The number of nitrogens with zero attached hydrogens (tertiary/aromatic N) is 2. The first-order chi connectivity index (χ1) is 8.96. The SMILES string of the molecule is CCC1(C(=O)O)CCN(C(=O)N(C)CCCOC)C1. The fourth-order valence-electron chi connectivity index (χ4n) is 2.43. The van der Waals surface area contributed by atoms with Crippen LogP contribution in [-0.2, 0) is 9.53 Å². The van der Waals surface area contributed by atoms with E-state index in [-0.39, 0.29) is 6.03 Å². The minimum atomic E-state index is -0.799. The largest absolute Gasteiger partial charge is 0.481 e. The molecule has 1 unspecified atom stereocenters. The van der Waals surface area contributed by atoms with E-state index < -0.39 is 11.4 Å². The van der Waals surface area contributed by atoms with Gasteiger partial charge in [0.05, 0.1) is 5.41 Å². The zero-order valence-corrected chi connectivity index (χ0v) is 12.0. The van der Waals surface area contributed by atoms with Crippen molar-refractivity contribution < 1.29 is 19.4 Å². The first kappa shape index (κ1) is 15.8. The van der Waals surface area contributed by atoms with E-state index in [4.69, 9.17) is 4.74 Å². The summed E-state index contributed by atoms with van der Waals surface area (Å²) < 4.78 is 4.95. The fourth-order valence-corrected chi connectivity index (χ4v) is 2.43. The quantitative estimate of drug-likeness (QED) is 0.739. The maximum Gasteiger partial charge on any atom is 0.319 e. The van der Waals surface area contributed by atoms with Gasteiger partial charge in [-0.2, -0.15) is 0 Å². The number of carboxylic acids is 1. The highest BCUT2D eigenvalue weighted by atomic mass is 16.5. The Bertz CT molecular complexity index is 335. The molecule has 0 aromatic heterocycles. The van der Waals surface area contributed by atoms with Crippen LogP contribution >= 0.6 is 0 Å². The van der Waals surface area contributed by atoms with Crippen molar-refractivity contribution in [3.8, 4) is 0 Å². The highest BCUT2D eigenvalue weighted by Gasteiger charge is 2.45. The maximum absolute atomic E-state index is 12.2. The van der Waals surface area contributed by atoms with Crippen LogP contribution in [0.25, 0.3) is 0 Å². The molecule has 1 atom stereocenters. The molecule has 0 bridgehead atoms. The number of likely N-dealkylation sites (tertiary alicyclic amines) is 1. The Balaban J connectivity index is 2.53. The predicted molar refractivity (Wildman–Crippen MR) is 71.1 cm³/mol. The first-order valence-electron chi connectivity index (χ1n) is 6.69. The Hall–Kier alpha value is -1.30. The molecule has 1 heterocycles. The molecule has 1 aliphatic rings. The van der Waals surface area contributed by atoms with Gasteiger partial charge in [0.25, 0.3) is 0 Å². The number of aliphatic carboxylic acids is 1. The van der Waals surface area contributed by atoms with E-state index in [9.17, 15) is 14.7 Å². The normalized spacial score (nSPS) is 22.6. The van der Waals surface area contributed by atoms with E-state index in [0.29, 0.717) is 39.1 Å². The smallest absolute Gasteiger partial charge is 0.319 e. The zero-order valence-electron chi connectivity index (χ0n) is 12.0. The molecule has 6 heteroatoms. The standard InChI is InChI=1S/C13H24N2O4/c1-4-13(11(16)17)6-8-15(10-13)12(18)14(2)7-5-9-19-3/h4-10H2,1-3H3,(H,16,17). The van der Waals surface area contributed by atoms with Crippen LogP contribution in [0.15, 0.2) is 0 Å². The molecule has 1 aliphatic heterocycles. The van der Waals surface area contributed by atoms with Crippen LogP contribution in [0, 0.1) is 5.41 Å². The molecule has 110 valence electrons. The third-order valence-electron chi connectivity index (χ3n) is 3.92. The summed E-state index contributed by atoms with van der Waals surface area (Å²) in [4.78, 5) is 26.8. The van der Waals surface area contributed by atoms with Crippen LogP contribution in [0.3, 0.4) is 0 Å². The molecule has 0 aliphatic carbocycles. The van der Waals surface area contributed by atoms with Crippen LogP contribution in [-0.4, -0.2) is 67.3 Å². The molecule has 6 nitrogen and oxygen atoms in total. The van der Waals surface area contributed by atoms with Gasteiger partial charge in [0.2, 0.25) is 0 Å². The lowest BCUT2D eigenvalue weighted by Crippen LogP contribution is -2.42. The van der Waals surface area contributed by atoms with Crippen molar-refractivity contribution in [1.82, 2.24) is 9.80 Å². The minimum Gasteiger partial charge on any atom is -0.481 e. The Labute approximate surface area is 114 Å². The molecule has 1 fully saturated rings. The number of carbonyl (C=O) groups is 2. The van der Waals surface area contributed by atoms with E-state index in [2.05, 4.69) is 0 Å². The Morgan fingerprint density at radius 1 is 1.47 bits per heavy atom. The van der Waals surface area contributed by atoms with Gasteiger partial charge >= 0.3 is 12.0 Å². The van der Waals surface area contributed by atoms with Crippen LogP contribution < -0.4 is 0 Å². The van der Waals surface area contributed by atoms with Crippen molar-refractivity contribution in [2.24, 2.45) is 5.41 Å². The first-order valence-corrected chi connectivity index (χ1v) is 6.69. The van der Waals surface area contributed by atoms with Crippen molar-refractivity contribution in [3.63, 3.8) is 0 Å². The maximum atomic E-state index is 12.2. The fraction of sp³-hybridized carbons (Fsp3) is 0.846. The third-order valence-corrected chi connectivity index (χ3v) is 3.92. The van der Waals surface area contributed by atoms with Gasteiger partial charge in [0.15, 0.2) is 0 Å². The number of rotatable bonds is 6. The molecule has 2 amide bonds. The zero-order chi connectivity index (χ0) is 14.5. The lowest BCUT2D eigenvalue weighted by molar-refractivity contribution is -0.148. The molecular weight excluding hydrogens is 248 g/mol. The monoisotopic (exact) mass is 272 g/mol. The summed E-state index contributed by atoms with van der Waals surface area (Å²) in [6.07, 6.45) is 1.88. The number of carboxylic acid groups (broad SMARTS) is 1. The van der Waals surface area contributed by atoms with Crippen molar-refractivity contribution in [2.45, 2.75) is 26.2 Å². The van der Waals surface area contributed by atoms with Gasteiger partial charge in [-0.3, -0.25) is 4.79 Å². The van der Waals surface area contributed by atoms with Crippen molar-refractivity contribution in [2.75, 3.05) is 40.4 Å². The second kappa shape index (κ2) is 6.75. The summed E-state index contributed by atoms with van der Waals surface area (Å²) in [6, 6.07) is -0.0901. The molecule has 1 saturated heterocycles. The summed E-state index contributed by atoms with van der Waals surface area (Å²) >= 11 is 0. The average molecular weight is 272 g/mol. The number of urea groups is 1. The Morgan fingerprint density at radius 3 is 2.63 bits per heavy atom. The molecule has 0 aromatic rings. The van der Waals surface area contributed by atoms with Crippen LogP contribution in [0.2, 0.25) is 0 Å². The summed E-state index contributed by atoms with van der Waals surface area (Å²) in [5.41, 5.74) is -0.761. The van der Waals surface area contributed by atoms with Gasteiger partial charge in [-0.05, 0) is 19.3 Å². The molecule has 0 radical (unpaired) electrons. The van der Waals surface area contributed by atoms with Crippen molar-refractivity contribution in [1.29, 1.82) is 0 Å². The van der Waals surface area contributed by atoms with Gasteiger partial charge in [-0.15, -0.1) is 0 Å². The van der Waals surface area contributed by atoms with Gasteiger partial charge in [-0.1, -0.05) is 6.92 Å². The predicted octanol–water partition coefficient (Wildman–Crippen LogP) is 1.26. The molecule has 19 heavy (non-hydrogen) atoms. The highest BCUT2D eigenvalue weighted by Crippen LogP contribution is 2.34. The highest BCUT2D eigenvalue weighted by molar-refractivity contribution is 5.79. The molecular formula is C13H24N2O4. The summed E-state index contributed by atoms with van der Waals surface area (Å²) in [5.74, 6) is -0.799. The Kier molecular flexibility index (Phi) is 5.60. The van der Waals surface area contributed by atoms with Crippen LogP contribution in [0.1, 0.15) is 26.2 Å².